The van der Waals surface area contributed by atoms with E-state index in [0.717, 1.165) is 0 Å². The molecule has 0 aromatic heterocycles. The lowest BCUT2D eigenvalue weighted by atomic mass is 10.3. The second kappa shape index (κ2) is 2.60. The average Bonchev–Trinajstić information content (AvgIpc) is 2.81. The molecular weight excluding hydrogens is 191 g/mol. The normalized spacial score (nSPS) is 25.9. The second-order valence-corrected chi connectivity index (χ2v) is 3.42. The molecule has 0 radical (unpaired) electrons. The van der Waals surface area contributed by atoms with Crippen LogP contribution >= 0.6 is 0 Å². The van der Waals surface area contributed by atoms with Gasteiger partial charge in [0.05, 0.1) is 7.05 Å². The molecule has 0 saturated heterocycles. The van der Waals surface area contributed by atoms with E-state index in [4.69, 9.17) is 0 Å². The number of allylic oxidation sites excluding steroid dienone is 1. The van der Waals surface area contributed by atoms with Crippen molar-refractivity contribution in [3.63, 3.8) is 0 Å². The van der Waals surface area contributed by atoms with Gasteiger partial charge in [-0.25, -0.2) is 4.48 Å². The van der Waals surface area contributed by atoms with E-state index in [1.165, 1.54) is 13.2 Å². The molecule has 1 aliphatic rings. The number of quaternary nitrogens is 1. The molecule has 0 fully saturated rings. The number of halogens is 3. The van der Waals surface area contributed by atoms with Gasteiger partial charge in [0.15, 0.2) is 6.20 Å². The van der Waals surface area contributed by atoms with Crippen molar-refractivity contribution in [1.29, 1.82) is 0 Å². The van der Waals surface area contributed by atoms with Crippen LogP contribution in [0.15, 0.2) is 42.2 Å². The summed E-state index contributed by atoms with van der Waals surface area (Å²) in [6.07, 6.45) is -3.01. The molecular formula is C10H9F3N+. The number of alkyl halides is 3. The highest BCUT2D eigenvalue weighted by molar-refractivity contribution is 5.58. The van der Waals surface area contributed by atoms with Gasteiger partial charge in [0.1, 0.15) is 5.69 Å². The van der Waals surface area contributed by atoms with Crippen molar-refractivity contribution < 1.29 is 13.2 Å². The monoisotopic (exact) mass is 200 g/mol. The standard InChI is InChI=1S/C10H9F3N/c1-14(7-9(14)10(11,12)13)8-5-3-2-4-6-8/h2-7H,1H3/q+1. The molecule has 74 valence electrons. The Kier molecular flexibility index (Phi) is 1.72. The molecule has 1 nitrogen and oxygen atoms in total. The number of para-hydroxylation sites is 1. The van der Waals surface area contributed by atoms with Crippen molar-refractivity contribution in [3.8, 4) is 0 Å². The summed E-state index contributed by atoms with van der Waals surface area (Å²) in [4.78, 5) is 0. The van der Waals surface area contributed by atoms with Gasteiger partial charge >= 0.3 is 6.18 Å². The third-order valence-electron chi connectivity index (χ3n) is 2.40. The van der Waals surface area contributed by atoms with Gasteiger partial charge in [-0.1, -0.05) is 18.2 Å². The van der Waals surface area contributed by atoms with Crippen LogP contribution in [-0.4, -0.2) is 13.2 Å². The van der Waals surface area contributed by atoms with Gasteiger partial charge in [-0.2, -0.15) is 13.2 Å². The fourth-order valence-electron chi connectivity index (χ4n) is 1.50. The van der Waals surface area contributed by atoms with E-state index in [9.17, 15) is 13.2 Å². The lowest BCUT2D eigenvalue weighted by molar-refractivity contribution is -0.0941. The quantitative estimate of drug-likeness (QED) is 0.611. The Hall–Kier alpha value is -1.29. The highest BCUT2D eigenvalue weighted by atomic mass is 19.4. The minimum atomic E-state index is -4.22. The maximum atomic E-state index is 12.3. The van der Waals surface area contributed by atoms with Gasteiger partial charge in [-0.15, -0.1) is 0 Å². The van der Waals surface area contributed by atoms with Gasteiger partial charge in [0.25, 0.3) is 5.70 Å². The molecule has 0 saturated carbocycles. The molecule has 0 spiro atoms. The first-order valence-electron chi connectivity index (χ1n) is 4.17. The summed E-state index contributed by atoms with van der Waals surface area (Å²) in [5.74, 6) is 0. The van der Waals surface area contributed by atoms with Crippen LogP contribution in [0.2, 0.25) is 0 Å². The van der Waals surface area contributed by atoms with Crippen molar-refractivity contribution in [3.05, 3.63) is 42.2 Å². The van der Waals surface area contributed by atoms with E-state index in [1.54, 1.807) is 30.3 Å². The summed E-state index contributed by atoms with van der Waals surface area (Å²) in [5, 5.41) is 0. The van der Waals surface area contributed by atoms with Crippen LogP contribution in [0.5, 0.6) is 0 Å². The minimum absolute atomic E-state index is 0.218. The average molecular weight is 200 g/mol. The lowest BCUT2D eigenvalue weighted by Crippen LogP contribution is -2.28. The maximum absolute atomic E-state index is 12.3. The molecule has 2 rings (SSSR count). The van der Waals surface area contributed by atoms with Gasteiger partial charge in [-0.3, -0.25) is 0 Å². The Morgan fingerprint density at radius 2 is 1.64 bits per heavy atom. The molecule has 1 unspecified atom stereocenters. The van der Waals surface area contributed by atoms with Gasteiger partial charge in [0.2, 0.25) is 0 Å². The van der Waals surface area contributed by atoms with Crippen molar-refractivity contribution in [2.75, 3.05) is 7.05 Å². The van der Waals surface area contributed by atoms with E-state index in [2.05, 4.69) is 0 Å². The van der Waals surface area contributed by atoms with Crippen molar-refractivity contribution in [2.45, 2.75) is 6.18 Å². The molecule has 0 N–H and O–H groups in total. The lowest BCUT2D eigenvalue weighted by Gasteiger charge is -2.14. The van der Waals surface area contributed by atoms with Crippen molar-refractivity contribution >= 4 is 5.69 Å². The number of rotatable bonds is 1. The highest BCUT2D eigenvalue weighted by Gasteiger charge is 2.60. The van der Waals surface area contributed by atoms with Crippen LogP contribution in [0.1, 0.15) is 0 Å². The van der Waals surface area contributed by atoms with Crippen LogP contribution < -0.4 is 4.48 Å². The first-order valence-corrected chi connectivity index (χ1v) is 4.17. The molecule has 1 atom stereocenters. The number of hydrogen-bond donors (Lipinski definition) is 0. The Balaban J connectivity index is 2.26. The van der Waals surface area contributed by atoms with Crippen LogP contribution in [0.4, 0.5) is 18.9 Å². The molecule has 1 aromatic carbocycles. The van der Waals surface area contributed by atoms with E-state index >= 15 is 0 Å². The Bertz CT molecular complexity index is 380. The zero-order valence-electron chi connectivity index (χ0n) is 7.55. The third kappa shape index (κ3) is 1.32. The topological polar surface area (TPSA) is 0 Å². The Morgan fingerprint density at radius 1 is 1.07 bits per heavy atom. The summed E-state index contributed by atoms with van der Waals surface area (Å²) in [6.45, 7) is 0. The highest BCUT2D eigenvalue weighted by Crippen LogP contribution is 2.47. The molecule has 14 heavy (non-hydrogen) atoms. The van der Waals surface area contributed by atoms with Gasteiger partial charge in [-0.05, 0) is 12.1 Å². The van der Waals surface area contributed by atoms with Crippen LogP contribution in [0.25, 0.3) is 0 Å². The smallest absolute Gasteiger partial charge is 0.221 e. The number of nitrogens with zero attached hydrogens (tertiary/aromatic N) is 1. The molecule has 0 bridgehead atoms. The van der Waals surface area contributed by atoms with E-state index < -0.39 is 11.9 Å². The van der Waals surface area contributed by atoms with E-state index in [0.29, 0.717) is 5.69 Å². The maximum Gasteiger partial charge on any atom is 0.473 e. The second-order valence-electron chi connectivity index (χ2n) is 3.42. The largest absolute Gasteiger partial charge is 0.473 e. The summed E-state index contributed by atoms with van der Waals surface area (Å²) >= 11 is 0. The van der Waals surface area contributed by atoms with Crippen LogP contribution in [-0.2, 0) is 0 Å². The molecule has 0 aliphatic carbocycles. The van der Waals surface area contributed by atoms with Crippen molar-refractivity contribution in [1.82, 2.24) is 4.48 Å². The van der Waals surface area contributed by atoms with Gasteiger partial charge in [0, 0.05) is 0 Å². The van der Waals surface area contributed by atoms with Crippen LogP contribution in [0.3, 0.4) is 0 Å². The molecule has 1 aliphatic heterocycles. The molecule has 0 amide bonds. The zero-order valence-corrected chi connectivity index (χ0v) is 7.55. The summed E-state index contributed by atoms with van der Waals surface area (Å²) in [6, 6.07) is 8.63. The molecule has 1 heterocycles. The fraction of sp³-hybridized carbons (Fsp3) is 0.200. The number of hydrogen-bond acceptors (Lipinski definition) is 0. The first kappa shape index (κ1) is 9.27. The van der Waals surface area contributed by atoms with Crippen LogP contribution in [0, 0.1) is 0 Å². The molecule has 4 heteroatoms. The first-order chi connectivity index (χ1) is 6.44. The fourth-order valence-corrected chi connectivity index (χ4v) is 1.50. The van der Waals surface area contributed by atoms with E-state index in [-0.39, 0.29) is 4.48 Å². The predicted molar refractivity (Wildman–Crippen MR) is 48.3 cm³/mol. The summed E-state index contributed by atoms with van der Waals surface area (Å²) in [5.41, 5.74) is 0.142. The zero-order chi connectivity index (χ0) is 10.4. The van der Waals surface area contributed by atoms with Crippen molar-refractivity contribution in [2.24, 2.45) is 0 Å². The summed E-state index contributed by atoms with van der Waals surface area (Å²) in [7, 11) is 1.53. The van der Waals surface area contributed by atoms with E-state index in [1.807, 2.05) is 0 Å². The van der Waals surface area contributed by atoms with Gasteiger partial charge < -0.3 is 0 Å². The Labute approximate surface area is 79.7 Å². The summed E-state index contributed by atoms with van der Waals surface area (Å²) < 4.78 is 36.8. The number of benzene rings is 1. The minimum Gasteiger partial charge on any atom is -0.221 e. The molecule has 1 aromatic rings. The predicted octanol–water partition coefficient (Wildman–Crippen LogP) is 3.04. The Morgan fingerprint density at radius 3 is 2.07 bits per heavy atom. The third-order valence-corrected chi connectivity index (χ3v) is 2.40. The SMILES string of the molecule is C[N+]1(c2ccccc2)C=C1C(F)(F)F.